The molecule has 0 saturated heterocycles. The molecule has 0 radical (unpaired) electrons. The van der Waals surface area contributed by atoms with Crippen LogP contribution in [0.1, 0.15) is 72.1 Å². The summed E-state index contributed by atoms with van der Waals surface area (Å²) >= 11 is 0. The molecule has 3 saturated carbocycles. The number of aliphatic hydroxyl groups excluding tert-OH is 1. The van der Waals surface area contributed by atoms with Crippen molar-refractivity contribution < 1.29 is 19.4 Å². The van der Waals surface area contributed by atoms with E-state index >= 15 is 0 Å². The molecule has 4 heteroatoms. The molecule has 7 atom stereocenters. The molecule has 150 valence electrons. The summed E-state index contributed by atoms with van der Waals surface area (Å²) in [6, 6.07) is 0. The van der Waals surface area contributed by atoms with Gasteiger partial charge in [-0.05, 0) is 85.5 Å². The number of aliphatic hydroxyl groups is 1. The van der Waals surface area contributed by atoms with Gasteiger partial charge in [-0.1, -0.05) is 19.4 Å². The molecule has 0 amide bonds. The number of hydrogen-bond donors (Lipinski definition) is 1. The van der Waals surface area contributed by atoms with Gasteiger partial charge in [0.2, 0.25) is 0 Å². The highest BCUT2D eigenvalue weighted by Gasteiger charge is 2.59. The smallest absolute Gasteiger partial charge is 0.302 e. The van der Waals surface area contributed by atoms with Crippen LogP contribution in [0.15, 0.2) is 11.6 Å². The standard InChI is InChI=1S/C23H34O4/c1-14(24)27-13-21(26)20-7-6-18-17-5-4-15-12-16(25)8-10-22(15,2)19(17)9-11-23(18,20)3/h12,17-21,26H,4-11,13H2,1-3H3/t17-,18-,19-,20+,21-,22-,23-/m0/s1. The number of ketones is 1. The lowest BCUT2D eigenvalue weighted by Crippen LogP contribution is -2.51. The van der Waals surface area contributed by atoms with E-state index in [2.05, 4.69) is 13.8 Å². The van der Waals surface area contributed by atoms with Crippen LogP contribution in [0.5, 0.6) is 0 Å². The second-order valence-electron chi connectivity index (χ2n) is 10.1. The summed E-state index contributed by atoms with van der Waals surface area (Å²) in [5.74, 6) is 2.24. The van der Waals surface area contributed by atoms with Crippen LogP contribution in [-0.4, -0.2) is 29.6 Å². The van der Waals surface area contributed by atoms with Crippen LogP contribution >= 0.6 is 0 Å². The van der Waals surface area contributed by atoms with Crippen LogP contribution in [-0.2, 0) is 14.3 Å². The van der Waals surface area contributed by atoms with Crippen molar-refractivity contribution in [3.8, 4) is 0 Å². The summed E-state index contributed by atoms with van der Waals surface area (Å²) in [5, 5.41) is 10.7. The predicted octanol–water partition coefficient (Wildman–Crippen LogP) is 4.06. The second kappa shape index (κ2) is 6.72. The third-order valence-electron chi connectivity index (χ3n) is 8.96. The van der Waals surface area contributed by atoms with Crippen LogP contribution in [0.4, 0.5) is 0 Å². The third-order valence-corrected chi connectivity index (χ3v) is 8.96. The Morgan fingerprint density at radius 3 is 2.70 bits per heavy atom. The van der Waals surface area contributed by atoms with Crippen LogP contribution in [0.2, 0.25) is 0 Å². The molecular weight excluding hydrogens is 340 g/mol. The summed E-state index contributed by atoms with van der Waals surface area (Å²) in [6.07, 6.45) is 9.92. The zero-order valence-corrected chi connectivity index (χ0v) is 17.0. The van der Waals surface area contributed by atoms with Gasteiger partial charge in [-0.25, -0.2) is 0 Å². The number of rotatable bonds is 3. The highest BCUT2D eigenvalue weighted by molar-refractivity contribution is 5.91. The van der Waals surface area contributed by atoms with Crippen molar-refractivity contribution in [1.29, 1.82) is 0 Å². The lowest BCUT2D eigenvalue weighted by Gasteiger charge is -2.58. The monoisotopic (exact) mass is 374 g/mol. The van der Waals surface area contributed by atoms with Gasteiger partial charge in [-0.2, -0.15) is 0 Å². The Hall–Kier alpha value is -1.16. The Morgan fingerprint density at radius 2 is 1.96 bits per heavy atom. The first kappa shape index (κ1) is 19.2. The lowest BCUT2D eigenvalue weighted by molar-refractivity contribution is -0.147. The van der Waals surface area contributed by atoms with Gasteiger partial charge in [0.1, 0.15) is 6.61 Å². The normalized spacial score (nSPS) is 44.6. The molecule has 1 N–H and O–H groups in total. The molecule has 0 aromatic carbocycles. The van der Waals surface area contributed by atoms with Crippen molar-refractivity contribution in [2.24, 2.45) is 34.5 Å². The van der Waals surface area contributed by atoms with Gasteiger partial charge < -0.3 is 9.84 Å². The number of carbonyl (C=O) groups excluding carboxylic acids is 2. The number of fused-ring (bicyclic) bond motifs is 5. The van der Waals surface area contributed by atoms with E-state index in [9.17, 15) is 14.7 Å². The number of carbonyl (C=O) groups is 2. The van der Waals surface area contributed by atoms with E-state index in [4.69, 9.17) is 4.74 Å². The van der Waals surface area contributed by atoms with Gasteiger partial charge in [-0.15, -0.1) is 0 Å². The number of hydrogen-bond acceptors (Lipinski definition) is 4. The van der Waals surface area contributed by atoms with E-state index in [-0.39, 0.29) is 29.3 Å². The maximum Gasteiger partial charge on any atom is 0.302 e. The number of allylic oxidation sites excluding steroid dienone is 1. The molecule has 0 bridgehead atoms. The molecule has 0 heterocycles. The van der Waals surface area contributed by atoms with E-state index in [0.29, 0.717) is 30.0 Å². The molecule has 4 aliphatic rings. The zero-order chi connectivity index (χ0) is 19.4. The average molecular weight is 375 g/mol. The van der Waals surface area contributed by atoms with Crippen molar-refractivity contribution in [3.05, 3.63) is 11.6 Å². The Balaban J connectivity index is 1.55. The Labute approximate surface area is 162 Å². The molecule has 0 unspecified atom stereocenters. The van der Waals surface area contributed by atoms with Gasteiger partial charge in [-0.3, -0.25) is 9.59 Å². The molecule has 27 heavy (non-hydrogen) atoms. The highest BCUT2D eigenvalue weighted by Crippen LogP contribution is 2.66. The maximum absolute atomic E-state index is 11.9. The summed E-state index contributed by atoms with van der Waals surface area (Å²) in [7, 11) is 0. The first-order valence-electron chi connectivity index (χ1n) is 10.8. The molecule has 4 aliphatic carbocycles. The lowest BCUT2D eigenvalue weighted by atomic mass is 9.46. The third kappa shape index (κ3) is 2.99. The summed E-state index contributed by atoms with van der Waals surface area (Å²) < 4.78 is 5.12. The van der Waals surface area contributed by atoms with E-state index in [0.717, 1.165) is 25.7 Å². The summed E-state index contributed by atoms with van der Waals surface area (Å²) in [5.41, 5.74) is 1.75. The SMILES string of the molecule is CC(=O)OC[C@H](O)[C@H]1CC[C@H]2[C@@H]3CCC4=CC(=O)CC[C@]4(C)[C@H]3CC[C@]12C. The minimum absolute atomic E-state index is 0.128. The Kier molecular flexibility index (Phi) is 4.77. The first-order valence-corrected chi connectivity index (χ1v) is 10.8. The maximum atomic E-state index is 11.9. The highest BCUT2D eigenvalue weighted by atomic mass is 16.5. The van der Waals surface area contributed by atoms with Crippen LogP contribution in [0.25, 0.3) is 0 Å². The summed E-state index contributed by atoms with van der Waals surface area (Å²) in [4.78, 5) is 23.1. The second-order valence-corrected chi connectivity index (χ2v) is 10.1. The number of ether oxygens (including phenoxy) is 1. The first-order chi connectivity index (χ1) is 12.8. The largest absolute Gasteiger partial charge is 0.463 e. The van der Waals surface area contributed by atoms with Crippen LogP contribution < -0.4 is 0 Å². The van der Waals surface area contributed by atoms with Gasteiger partial charge in [0, 0.05) is 13.3 Å². The topological polar surface area (TPSA) is 63.6 Å². The molecule has 4 nitrogen and oxygen atoms in total. The fraction of sp³-hybridized carbons (Fsp3) is 0.826. The van der Waals surface area contributed by atoms with E-state index < -0.39 is 6.10 Å². The summed E-state index contributed by atoms with van der Waals surface area (Å²) in [6.45, 7) is 6.32. The van der Waals surface area contributed by atoms with Crippen LogP contribution in [0.3, 0.4) is 0 Å². The van der Waals surface area contributed by atoms with Gasteiger partial charge in [0.05, 0.1) is 6.10 Å². The minimum Gasteiger partial charge on any atom is -0.463 e. The van der Waals surface area contributed by atoms with Crippen molar-refractivity contribution in [2.45, 2.75) is 78.2 Å². The Bertz CT molecular complexity index is 667. The van der Waals surface area contributed by atoms with Crippen molar-refractivity contribution in [1.82, 2.24) is 0 Å². The molecule has 3 fully saturated rings. The molecule has 0 aromatic heterocycles. The molecule has 0 spiro atoms. The van der Waals surface area contributed by atoms with Crippen molar-refractivity contribution in [2.75, 3.05) is 6.61 Å². The quantitative estimate of drug-likeness (QED) is 0.757. The van der Waals surface area contributed by atoms with E-state index in [1.54, 1.807) is 0 Å². The minimum atomic E-state index is -0.553. The number of esters is 1. The van der Waals surface area contributed by atoms with Crippen molar-refractivity contribution >= 4 is 11.8 Å². The fourth-order valence-corrected chi connectivity index (χ4v) is 7.55. The van der Waals surface area contributed by atoms with Gasteiger partial charge in [0.15, 0.2) is 5.78 Å². The Morgan fingerprint density at radius 1 is 1.19 bits per heavy atom. The van der Waals surface area contributed by atoms with E-state index in [1.165, 1.54) is 31.8 Å². The van der Waals surface area contributed by atoms with Crippen LogP contribution in [0, 0.1) is 34.5 Å². The molecule has 0 aromatic rings. The molecule has 0 aliphatic heterocycles. The van der Waals surface area contributed by atoms with Crippen molar-refractivity contribution in [3.63, 3.8) is 0 Å². The van der Waals surface area contributed by atoms with Gasteiger partial charge >= 0.3 is 5.97 Å². The zero-order valence-electron chi connectivity index (χ0n) is 17.0. The van der Waals surface area contributed by atoms with E-state index in [1.807, 2.05) is 6.08 Å². The predicted molar refractivity (Wildman–Crippen MR) is 103 cm³/mol. The van der Waals surface area contributed by atoms with Gasteiger partial charge in [0.25, 0.3) is 0 Å². The molecule has 4 rings (SSSR count). The fourth-order valence-electron chi connectivity index (χ4n) is 7.55. The average Bonchev–Trinajstić information content (AvgIpc) is 2.97. The molecular formula is C23H34O4.